The predicted molar refractivity (Wildman–Crippen MR) is 53.8 cm³/mol. The lowest BCUT2D eigenvalue weighted by Crippen LogP contribution is -2.42. The largest absolute Gasteiger partial charge is 0.507 e. The number of phenolic OH excluding ortho intramolecular Hbond substituents is 1. The molecule has 0 aliphatic rings. The molecule has 0 radical (unpaired) electrons. The molecule has 5 nitrogen and oxygen atoms in total. The third kappa shape index (κ3) is 2.32. The number of carbonyl (C=O) groups is 2. The zero-order valence-corrected chi connectivity index (χ0v) is 8.30. The van der Waals surface area contributed by atoms with Crippen molar-refractivity contribution < 1.29 is 14.7 Å². The SMILES string of the molecule is CCC(=O)N(N)C(=O)c1ccccc1O. The lowest BCUT2D eigenvalue weighted by atomic mass is 10.2. The Morgan fingerprint density at radius 2 is 2.00 bits per heavy atom. The van der Waals surface area contributed by atoms with E-state index in [0.717, 1.165) is 0 Å². The van der Waals surface area contributed by atoms with E-state index in [4.69, 9.17) is 5.84 Å². The van der Waals surface area contributed by atoms with E-state index >= 15 is 0 Å². The molecule has 15 heavy (non-hydrogen) atoms. The van der Waals surface area contributed by atoms with Crippen LogP contribution in [0.1, 0.15) is 23.7 Å². The number of rotatable bonds is 2. The van der Waals surface area contributed by atoms with Gasteiger partial charge in [0.2, 0.25) is 5.91 Å². The van der Waals surface area contributed by atoms with Gasteiger partial charge in [0.05, 0.1) is 5.56 Å². The fraction of sp³-hybridized carbons (Fsp3) is 0.200. The Morgan fingerprint density at radius 3 is 2.53 bits per heavy atom. The second-order valence-corrected chi connectivity index (χ2v) is 2.94. The van der Waals surface area contributed by atoms with Crippen LogP contribution in [0.2, 0.25) is 0 Å². The molecule has 1 aromatic carbocycles. The molecule has 0 heterocycles. The first-order valence-corrected chi connectivity index (χ1v) is 4.48. The smallest absolute Gasteiger partial charge is 0.278 e. The fourth-order valence-corrected chi connectivity index (χ4v) is 1.07. The Kier molecular flexibility index (Phi) is 3.41. The third-order valence-electron chi connectivity index (χ3n) is 1.92. The molecular formula is C10H12N2O3. The highest BCUT2D eigenvalue weighted by atomic mass is 16.3. The maximum absolute atomic E-state index is 11.6. The van der Waals surface area contributed by atoms with Gasteiger partial charge in [-0.15, -0.1) is 0 Å². The minimum atomic E-state index is -0.708. The summed E-state index contributed by atoms with van der Waals surface area (Å²) in [6.45, 7) is 1.60. The number of phenols is 1. The standard InChI is InChI=1S/C10H12N2O3/c1-2-9(14)12(11)10(15)7-5-3-4-6-8(7)13/h3-6,13H,2,11H2,1H3. The van der Waals surface area contributed by atoms with E-state index in [1.807, 2.05) is 0 Å². The second kappa shape index (κ2) is 4.56. The molecule has 80 valence electrons. The van der Waals surface area contributed by atoms with E-state index in [1.54, 1.807) is 19.1 Å². The minimum Gasteiger partial charge on any atom is -0.507 e. The van der Waals surface area contributed by atoms with Crippen LogP contribution in [0.15, 0.2) is 24.3 Å². The first-order valence-electron chi connectivity index (χ1n) is 4.48. The van der Waals surface area contributed by atoms with Crippen LogP contribution in [0.4, 0.5) is 0 Å². The van der Waals surface area contributed by atoms with Gasteiger partial charge in [-0.1, -0.05) is 19.1 Å². The molecule has 0 aromatic heterocycles. The predicted octanol–water partition coefficient (Wildman–Crippen LogP) is 0.645. The van der Waals surface area contributed by atoms with Crippen molar-refractivity contribution in [3.05, 3.63) is 29.8 Å². The van der Waals surface area contributed by atoms with Crippen molar-refractivity contribution in [3.8, 4) is 5.75 Å². The van der Waals surface area contributed by atoms with E-state index in [2.05, 4.69) is 0 Å². The normalized spacial score (nSPS) is 9.73. The van der Waals surface area contributed by atoms with Crippen molar-refractivity contribution in [2.45, 2.75) is 13.3 Å². The highest BCUT2D eigenvalue weighted by molar-refractivity contribution is 6.05. The molecule has 0 saturated carbocycles. The summed E-state index contributed by atoms with van der Waals surface area (Å²) in [6.07, 6.45) is 0.135. The summed E-state index contributed by atoms with van der Waals surface area (Å²) >= 11 is 0. The van der Waals surface area contributed by atoms with E-state index in [0.29, 0.717) is 5.01 Å². The number of hydrazine groups is 1. The average molecular weight is 208 g/mol. The van der Waals surface area contributed by atoms with Gasteiger partial charge in [-0.25, -0.2) is 10.9 Å². The van der Waals surface area contributed by atoms with Gasteiger partial charge >= 0.3 is 0 Å². The van der Waals surface area contributed by atoms with Crippen LogP contribution in [0.3, 0.4) is 0 Å². The number of carbonyl (C=O) groups excluding carboxylic acids is 2. The minimum absolute atomic E-state index is 0.0156. The monoisotopic (exact) mass is 208 g/mol. The van der Waals surface area contributed by atoms with Crippen molar-refractivity contribution in [1.82, 2.24) is 5.01 Å². The number of nitrogens with two attached hydrogens (primary N) is 1. The van der Waals surface area contributed by atoms with Crippen LogP contribution >= 0.6 is 0 Å². The molecule has 0 fully saturated rings. The van der Waals surface area contributed by atoms with Gasteiger partial charge in [-0.3, -0.25) is 9.59 Å². The van der Waals surface area contributed by atoms with Gasteiger partial charge in [0.1, 0.15) is 5.75 Å². The van der Waals surface area contributed by atoms with E-state index in [1.165, 1.54) is 12.1 Å². The first-order chi connectivity index (χ1) is 7.07. The van der Waals surface area contributed by atoms with Crippen LogP contribution in [0, 0.1) is 0 Å². The molecule has 0 atom stereocenters. The lowest BCUT2D eigenvalue weighted by Gasteiger charge is -2.14. The molecule has 0 unspecified atom stereocenters. The van der Waals surface area contributed by atoms with Crippen molar-refractivity contribution in [2.75, 3.05) is 0 Å². The Bertz CT molecular complexity index is 390. The van der Waals surface area contributed by atoms with Crippen molar-refractivity contribution in [3.63, 3.8) is 0 Å². The van der Waals surface area contributed by atoms with E-state index < -0.39 is 11.8 Å². The number of imide groups is 1. The van der Waals surface area contributed by atoms with Gasteiger partial charge < -0.3 is 5.11 Å². The van der Waals surface area contributed by atoms with Crippen LogP contribution in [0.25, 0.3) is 0 Å². The Labute approximate surface area is 87.1 Å². The molecule has 1 rings (SSSR count). The second-order valence-electron chi connectivity index (χ2n) is 2.94. The number of hydrogen-bond acceptors (Lipinski definition) is 4. The molecule has 0 aliphatic heterocycles. The maximum Gasteiger partial charge on any atom is 0.278 e. The Hall–Kier alpha value is -1.88. The van der Waals surface area contributed by atoms with Gasteiger partial charge in [-0.2, -0.15) is 0 Å². The molecular weight excluding hydrogens is 196 g/mol. The summed E-state index contributed by atoms with van der Waals surface area (Å²) in [4.78, 5) is 22.7. The summed E-state index contributed by atoms with van der Waals surface area (Å²) in [6, 6.07) is 5.92. The van der Waals surface area contributed by atoms with E-state index in [9.17, 15) is 14.7 Å². The molecule has 0 bridgehead atoms. The summed E-state index contributed by atoms with van der Waals surface area (Å²) in [5, 5.41) is 9.88. The quantitative estimate of drug-likeness (QED) is 0.424. The molecule has 0 aliphatic carbocycles. The number of para-hydroxylation sites is 1. The maximum atomic E-state index is 11.6. The van der Waals surface area contributed by atoms with Gasteiger partial charge in [0, 0.05) is 6.42 Å². The summed E-state index contributed by atoms with van der Waals surface area (Å²) < 4.78 is 0. The molecule has 2 amide bonds. The van der Waals surface area contributed by atoms with Crippen molar-refractivity contribution in [1.29, 1.82) is 0 Å². The lowest BCUT2D eigenvalue weighted by molar-refractivity contribution is -0.128. The van der Waals surface area contributed by atoms with Crippen LogP contribution < -0.4 is 5.84 Å². The Balaban J connectivity index is 2.95. The number of nitrogens with zero attached hydrogens (tertiary/aromatic N) is 1. The van der Waals surface area contributed by atoms with Crippen molar-refractivity contribution >= 4 is 11.8 Å². The fourth-order valence-electron chi connectivity index (χ4n) is 1.07. The first kappa shape index (κ1) is 11.2. The van der Waals surface area contributed by atoms with Crippen LogP contribution in [-0.4, -0.2) is 21.9 Å². The molecule has 0 saturated heterocycles. The van der Waals surface area contributed by atoms with Gasteiger partial charge in [-0.05, 0) is 12.1 Å². The third-order valence-corrected chi connectivity index (χ3v) is 1.92. The average Bonchev–Trinajstić information content (AvgIpc) is 2.26. The summed E-state index contributed by atoms with van der Waals surface area (Å²) in [5.41, 5.74) is 0.0156. The van der Waals surface area contributed by atoms with E-state index in [-0.39, 0.29) is 17.7 Å². The number of hydrogen-bond donors (Lipinski definition) is 2. The van der Waals surface area contributed by atoms with Gasteiger partial charge in [0.25, 0.3) is 5.91 Å². The molecule has 5 heteroatoms. The highest BCUT2D eigenvalue weighted by Gasteiger charge is 2.20. The zero-order valence-electron chi connectivity index (χ0n) is 8.30. The molecule has 1 aromatic rings. The number of benzene rings is 1. The van der Waals surface area contributed by atoms with Crippen LogP contribution in [0.5, 0.6) is 5.75 Å². The Morgan fingerprint density at radius 1 is 1.40 bits per heavy atom. The highest BCUT2D eigenvalue weighted by Crippen LogP contribution is 2.16. The topological polar surface area (TPSA) is 83.6 Å². The zero-order chi connectivity index (χ0) is 11.4. The number of aromatic hydroxyl groups is 1. The summed E-state index contributed by atoms with van der Waals surface area (Å²) in [7, 11) is 0. The summed E-state index contributed by atoms with van der Waals surface area (Å²) in [5.74, 6) is 3.90. The van der Waals surface area contributed by atoms with Crippen LogP contribution in [-0.2, 0) is 4.79 Å². The van der Waals surface area contributed by atoms with Crippen molar-refractivity contribution in [2.24, 2.45) is 5.84 Å². The molecule has 3 N–H and O–H groups in total. The number of amides is 2. The van der Waals surface area contributed by atoms with Gasteiger partial charge in [0.15, 0.2) is 0 Å². The molecule has 0 spiro atoms.